The number of hydrogen-bond acceptors (Lipinski definition) is 4. The van der Waals surface area contributed by atoms with Crippen molar-refractivity contribution >= 4 is 18.3 Å². The zero-order chi connectivity index (χ0) is 14.5. The van der Waals surface area contributed by atoms with E-state index in [9.17, 15) is 9.18 Å². The molecule has 1 amide bonds. The van der Waals surface area contributed by atoms with Gasteiger partial charge in [-0.25, -0.2) is 4.39 Å². The molecule has 1 saturated heterocycles. The second-order valence-electron chi connectivity index (χ2n) is 4.96. The Morgan fingerprint density at radius 2 is 1.81 bits per heavy atom. The lowest BCUT2D eigenvalue weighted by Gasteiger charge is -2.38. The van der Waals surface area contributed by atoms with Crippen molar-refractivity contribution in [1.82, 2.24) is 9.80 Å². The molecule has 1 unspecified atom stereocenters. The fraction of sp³-hybridized carbons (Fsp3) is 0.500. The lowest BCUT2D eigenvalue weighted by atomic mass is 10.0. The fourth-order valence-corrected chi connectivity index (χ4v) is 2.59. The maximum absolute atomic E-state index is 13.0. The normalized spacial score (nSPS) is 18.0. The van der Waals surface area contributed by atoms with Crippen molar-refractivity contribution in [2.24, 2.45) is 5.73 Å². The third kappa shape index (κ3) is 4.64. The number of halogens is 2. The van der Waals surface area contributed by atoms with Gasteiger partial charge in [-0.2, -0.15) is 0 Å². The van der Waals surface area contributed by atoms with E-state index in [1.807, 2.05) is 4.90 Å². The molecule has 1 atom stereocenters. The number of benzene rings is 1. The lowest BCUT2D eigenvalue weighted by Crippen LogP contribution is -2.50. The third-order valence-corrected chi connectivity index (χ3v) is 3.64. The van der Waals surface area contributed by atoms with Crippen molar-refractivity contribution in [2.45, 2.75) is 6.04 Å². The molecule has 1 aliphatic rings. The van der Waals surface area contributed by atoms with Crippen molar-refractivity contribution in [3.63, 3.8) is 0 Å². The van der Waals surface area contributed by atoms with Crippen molar-refractivity contribution in [2.75, 3.05) is 39.3 Å². The predicted molar refractivity (Wildman–Crippen MR) is 80.7 cm³/mol. The number of β-amino-alcohol motifs (C(OH)–C–C–N with tert-alkyl or cyclic N) is 1. The van der Waals surface area contributed by atoms with Crippen molar-refractivity contribution < 1.29 is 14.3 Å². The minimum atomic E-state index is -0.521. The number of aliphatic hydroxyl groups excluding tert-OH is 1. The first-order chi connectivity index (χ1) is 9.61. The molecular weight excluding hydrogens is 297 g/mol. The molecule has 1 aromatic carbocycles. The highest BCUT2D eigenvalue weighted by Gasteiger charge is 2.28. The fourth-order valence-electron chi connectivity index (χ4n) is 2.59. The maximum Gasteiger partial charge on any atom is 0.239 e. The van der Waals surface area contributed by atoms with E-state index in [2.05, 4.69) is 4.90 Å². The van der Waals surface area contributed by atoms with Crippen LogP contribution in [0.4, 0.5) is 4.39 Å². The van der Waals surface area contributed by atoms with Crippen LogP contribution in [0.25, 0.3) is 0 Å². The molecule has 1 aromatic rings. The van der Waals surface area contributed by atoms with Gasteiger partial charge in [0.2, 0.25) is 5.91 Å². The van der Waals surface area contributed by atoms with E-state index in [0.717, 1.165) is 18.7 Å². The first kappa shape index (κ1) is 17.8. The quantitative estimate of drug-likeness (QED) is 0.824. The largest absolute Gasteiger partial charge is 0.395 e. The maximum atomic E-state index is 13.0. The molecular formula is C14H21ClFN3O2. The molecule has 1 fully saturated rings. The number of nitrogens with two attached hydrogens (primary N) is 1. The molecule has 0 radical (unpaired) electrons. The van der Waals surface area contributed by atoms with Crippen LogP contribution in [0, 0.1) is 5.82 Å². The molecule has 1 aliphatic heterocycles. The highest BCUT2D eigenvalue weighted by atomic mass is 35.5. The molecule has 2 rings (SSSR count). The average molecular weight is 318 g/mol. The van der Waals surface area contributed by atoms with Gasteiger partial charge in [0, 0.05) is 32.7 Å². The SMILES string of the molecule is Cl.NC(=O)C(c1ccc(F)cc1)N1CCN(CCO)CC1. The van der Waals surface area contributed by atoms with Crippen LogP contribution < -0.4 is 5.73 Å². The average Bonchev–Trinajstić information content (AvgIpc) is 2.43. The van der Waals surface area contributed by atoms with Crippen molar-refractivity contribution in [1.29, 1.82) is 0 Å². The van der Waals surface area contributed by atoms with Gasteiger partial charge in [0.25, 0.3) is 0 Å². The number of nitrogens with zero attached hydrogens (tertiary/aromatic N) is 2. The first-order valence-corrected chi connectivity index (χ1v) is 6.74. The highest BCUT2D eigenvalue weighted by Crippen LogP contribution is 2.22. The van der Waals surface area contributed by atoms with E-state index in [4.69, 9.17) is 10.8 Å². The number of primary amides is 1. The second kappa shape index (κ2) is 8.29. The monoisotopic (exact) mass is 317 g/mol. The predicted octanol–water partition coefficient (Wildman–Crippen LogP) is 0.384. The standard InChI is InChI=1S/C14H20FN3O2.ClH/c15-12-3-1-11(2-4-12)13(14(16)20)18-7-5-17(6-8-18)9-10-19;/h1-4,13,19H,5-10H2,(H2,16,20);1H. The smallest absolute Gasteiger partial charge is 0.239 e. The molecule has 1 heterocycles. The Labute approximate surface area is 129 Å². The summed E-state index contributed by atoms with van der Waals surface area (Å²) in [6.45, 7) is 3.75. The van der Waals surface area contributed by atoms with E-state index in [0.29, 0.717) is 19.6 Å². The van der Waals surface area contributed by atoms with Gasteiger partial charge in [-0.05, 0) is 17.7 Å². The minimum absolute atomic E-state index is 0. The van der Waals surface area contributed by atoms with Crippen LogP contribution in [0.2, 0.25) is 0 Å². The number of aliphatic hydroxyl groups is 1. The number of rotatable bonds is 5. The van der Waals surface area contributed by atoms with E-state index in [1.54, 1.807) is 12.1 Å². The molecule has 21 heavy (non-hydrogen) atoms. The van der Waals surface area contributed by atoms with Crippen LogP contribution in [-0.2, 0) is 4.79 Å². The van der Waals surface area contributed by atoms with Crippen LogP contribution >= 0.6 is 12.4 Å². The summed E-state index contributed by atoms with van der Waals surface area (Å²) in [7, 11) is 0. The number of amides is 1. The summed E-state index contributed by atoms with van der Waals surface area (Å²) < 4.78 is 13.0. The van der Waals surface area contributed by atoms with Gasteiger partial charge in [0.1, 0.15) is 11.9 Å². The van der Waals surface area contributed by atoms with Crippen LogP contribution in [0.1, 0.15) is 11.6 Å². The Hall–Kier alpha value is -1.21. The summed E-state index contributed by atoms with van der Waals surface area (Å²) in [6.07, 6.45) is 0. The molecule has 118 valence electrons. The van der Waals surface area contributed by atoms with Crippen LogP contribution in [0.5, 0.6) is 0 Å². The molecule has 0 spiro atoms. The van der Waals surface area contributed by atoms with Crippen LogP contribution in [0.15, 0.2) is 24.3 Å². The van der Waals surface area contributed by atoms with Crippen molar-refractivity contribution in [3.8, 4) is 0 Å². The molecule has 0 bridgehead atoms. The Morgan fingerprint density at radius 3 is 2.29 bits per heavy atom. The van der Waals surface area contributed by atoms with Gasteiger partial charge >= 0.3 is 0 Å². The van der Waals surface area contributed by atoms with Gasteiger partial charge < -0.3 is 10.8 Å². The molecule has 0 saturated carbocycles. The number of hydrogen-bond donors (Lipinski definition) is 2. The molecule has 0 aromatic heterocycles. The van der Waals surface area contributed by atoms with Gasteiger partial charge in [0.15, 0.2) is 0 Å². The van der Waals surface area contributed by atoms with Crippen LogP contribution in [0.3, 0.4) is 0 Å². The second-order valence-corrected chi connectivity index (χ2v) is 4.96. The zero-order valence-corrected chi connectivity index (χ0v) is 12.6. The van der Waals surface area contributed by atoms with Gasteiger partial charge in [-0.1, -0.05) is 12.1 Å². The lowest BCUT2D eigenvalue weighted by molar-refractivity contribution is -0.124. The van der Waals surface area contributed by atoms with Crippen LogP contribution in [-0.4, -0.2) is 60.1 Å². The molecule has 7 heteroatoms. The van der Waals surface area contributed by atoms with Gasteiger partial charge in [0.05, 0.1) is 6.61 Å². The topological polar surface area (TPSA) is 69.8 Å². The highest BCUT2D eigenvalue weighted by molar-refractivity contribution is 5.85. The molecule has 0 aliphatic carbocycles. The first-order valence-electron chi connectivity index (χ1n) is 6.74. The minimum Gasteiger partial charge on any atom is -0.395 e. The summed E-state index contributed by atoms with van der Waals surface area (Å²) in [5.74, 6) is -0.753. The number of carbonyl (C=O) groups excluding carboxylic acids is 1. The van der Waals surface area contributed by atoms with E-state index in [-0.39, 0.29) is 24.8 Å². The summed E-state index contributed by atoms with van der Waals surface area (Å²) in [5, 5.41) is 8.92. The molecule has 5 nitrogen and oxygen atoms in total. The van der Waals surface area contributed by atoms with Gasteiger partial charge in [-0.15, -0.1) is 12.4 Å². The number of piperazine rings is 1. The van der Waals surface area contributed by atoms with Gasteiger partial charge in [-0.3, -0.25) is 14.6 Å². The van der Waals surface area contributed by atoms with E-state index in [1.165, 1.54) is 12.1 Å². The number of carbonyl (C=O) groups is 1. The summed E-state index contributed by atoms with van der Waals surface area (Å²) in [5.41, 5.74) is 6.22. The summed E-state index contributed by atoms with van der Waals surface area (Å²) >= 11 is 0. The van der Waals surface area contributed by atoms with Crippen molar-refractivity contribution in [3.05, 3.63) is 35.6 Å². The zero-order valence-electron chi connectivity index (χ0n) is 11.7. The Morgan fingerprint density at radius 1 is 1.24 bits per heavy atom. The third-order valence-electron chi connectivity index (χ3n) is 3.64. The molecule has 3 N–H and O–H groups in total. The Balaban J connectivity index is 0.00000220. The Bertz CT molecular complexity index is 450. The van der Waals surface area contributed by atoms with E-state index >= 15 is 0 Å². The Kier molecular flexibility index (Phi) is 7.04. The summed E-state index contributed by atoms with van der Waals surface area (Å²) in [6, 6.07) is 5.36. The summed E-state index contributed by atoms with van der Waals surface area (Å²) in [4.78, 5) is 15.9. The van der Waals surface area contributed by atoms with E-state index < -0.39 is 11.9 Å².